The molecule has 4 aromatic carbocycles. The Morgan fingerprint density at radius 2 is 0.970 bits per heavy atom. The molecule has 0 aliphatic rings. The summed E-state index contributed by atoms with van der Waals surface area (Å²) in [4.78, 5) is 24.5. The van der Waals surface area contributed by atoms with Crippen LogP contribution in [-0.4, -0.2) is 11.8 Å². The average molecular weight is 442 g/mol. The highest BCUT2D eigenvalue weighted by Crippen LogP contribution is 2.17. The van der Waals surface area contributed by atoms with Crippen molar-refractivity contribution in [3.8, 4) is 0 Å². The second-order valence-corrected chi connectivity index (χ2v) is 7.50. The molecule has 0 atom stereocenters. The van der Waals surface area contributed by atoms with Gasteiger partial charge in [0, 0.05) is 22.5 Å². The van der Waals surface area contributed by atoms with Crippen LogP contribution in [0.15, 0.2) is 97.1 Å². The molecule has 0 saturated carbocycles. The summed E-state index contributed by atoms with van der Waals surface area (Å²) < 4.78 is 26.6. The standard InChI is InChI=1S/C27H20F2N2O2/c28-22-5-1-3-20(16-22)26(32)30-24-11-7-18(8-12-24)15-19-9-13-25(14-10-19)31-27(33)21-4-2-6-23(29)17-21/h1-14,16-17H,15H2,(H,30,32)(H,31,33). The number of carbonyl (C=O) groups excluding carboxylic acids is 2. The molecule has 0 aromatic heterocycles. The number of anilines is 2. The van der Waals surface area contributed by atoms with Gasteiger partial charge in [-0.05, 0) is 78.2 Å². The van der Waals surface area contributed by atoms with Crippen LogP contribution >= 0.6 is 0 Å². The van der Waals surface area contributed by atoms with Crippen LogP contribution in [0.4, 0.5) is 20.2 Å². The van der Waals surface area contributed by atoms with Crippen molar-refractivity contribution in [2.75, 3.05) is 10.6 Å². The van der Waals surface area contributed by atoms with E-state index in [2.05, 4.69) is 10.6 Å². The molecule has 4 nitrogen and oxygen atoms in total. The van der Waals surface area contributed by atoms with Crippen LogP contribution in [0.5, 0.6) is 0 Å². The SMILES string of the molecule is O=C(Nc1ccc(Cc2ccc(NC(=O)c3cccc(F)c3)cc2)cc1)c1cccc(F)c1. The highest BCUT2D eigenvalue weighted by molar-refractivity contribution is 6.04. The predicted octanol–water partition coefficient (Wildman–Crippen LogP) is 6.06. The molecule has 0 aliphatic carbocycles. The van der Waals surface area contributed by atoms with E-state index in [0.717, 1.165) is 11.1 Å². The van der Waals surface area contributed by atoms with E-state index < -0.39 is 11.6 Å². The zero-order valence-corrected chi connectivity index (χ0v) is 17.5. The first-order valence-electron chi connectivity index (χ1n) is 10.3. The Labute approximate surface area is 189 Å². The number of halogens is 2. The van der Waals surface area contributed by atoms with Gasteiger partial charge in [0.1, 0.15) is 11.6 Å². The molecule has 164 valence electrons. The van der Waals surface area contributed by atoms with Crippen molar-refractivity contribution >= 4 is 23.2 Å². The molecule has 0 aliphatic heterocycles. The van der Waals surface area contributed by atoms with Crippen molar-refractivity contribution in [1.82, 2.24) is 0 Å². The zero-order valence-electron chi connectivity index (χ0n) is 17.5. The van der Waals surface area contributed by atoms with Gasteiger partial charge < -0.3 is 10.6 Å². The molecular formula is C27H20F2N2O2. The van der Waals surface area contributed by atoms with E-state index in [4.69, 9.17) is 0 Å². The van der Waals surface area contributed by atoms with E-state index in [9.17, 15) is 18.4 Å². The number of rotatable bonds is 6. The summed E-state index contributed by atoms with van der Waals surface area (Å²) in [5.41, 5.74) is 3.81. The molecule has 0 spiro atoms. The first-order chi connectivity index (χ1) is 16.0. The average Bonchev–Trinajstić information content (AvgIpc) is 2.81. The van der Waals surface area contributed by atoms with Gasteiger partial charge in [-0.2, -0.15) is 0 Å². The van der Waals surface area contributed by atoms with Gasteiger partial charge in [0.2, 0.25) is 0 Å². The van der Waals surface area contributed by atoms with Crippen molar-refractivity contribution in [2.45, 2.75) is 6.42 Å². The lowest BCUT2D eigenvalue weighted by Gasteiger charge is -2.09. The third-order valence-corrected chi connectivity index (χ3v) is 5.01. The quantitative estimate of drug-likeness (QED) is 0.381. The Balaban J connectivity index is 1.34. The van der Waals surface area contributed by atoms with Gasteiger partial charge in [0.05, 0.1) is 0 Å². The number of amides is 2. The summed E-state index contributed by atoms with van der Waals surface area (Å²) in [7, 11) is 0. The van der Waals surface area contributed by atoms with Crippen LogP contribution in [-0.2, 0) is 6.42 Å². The number of hydrogen-bond acceptors (Lipinski definition) is 2. The molecular weight excluding hydrogens is 422 g/mol. The maximum Gasteiger partial charge on any atom is 0.255 e. The summed E-state index contributed by atoms with van der Waals surface area (Å²) in [5, 5.41) is 5.50. The summed E-state index contributed by atoms with van der Waals surface area (Å²) in [6.45, 7) is 0. The minimum absolute atomic E-state index is 0.253. The molecule has 0 fully saturated rings. The van der Waals surface area contributed by atoms with Crippen LogP contribution in [0, 0.1) is 11.6 Å². The number of benzene rings is 4. The summed E-state index contributed by atoms with van der Waals surface area (Å²) in [5.74, 6) is -1.67. The second-order valence-electron chi connectivity index (χ2n) is 7.50. The predicted molar refractivity (Wildman–Crippen MR) is 124 cm³/mol. The molecule has 0 radical (unpaired) electrons. The van der Waals surface area contributed by atoms with E-state index in [-0.39, 0.29) is 22.9 Å². The fourth-order valence-corrected chi connectivity index (χ4v) is 3.31. The lowest BCUT2D eigenvalue weighted by atomic mass is 10.0. The lowest BCUT2D eigenvalue weighted by molar-refractivity contribution is 0.101. The molecule has 0 heterocycles. The van der Waals surface area contributed by atoms with Crippen LogP contribution < -0.4 is 10.6 Å². The van der Waals surface area contributed by atoms with E-state index >= 15 is 0 Å². The molecule has 4 aromatic rings. The molecule has 0 bridgehead atoms. The molecule has 2 N–H and O–H groups in total. The molecule has 6 heteroatoms. The van der Waals surface area contributed by atoms with Gasteiger partial charge in [0.15, 0.2) is 0 Å². The summed E-state index contributed by atoms with van der Waals surface area (Å²) in [6.07, 6.45) is 0.663. The Morgan fingerprint density at radius 3 is 1.33 bits per heavy atom. The maximum atomic E-state index is 13.3. The largest absolute Gasteiger partial charge is 0.322 e. The van der Waals surface area contributed by atoms with Crippen LogP contribution in [0.25, 0.3) is 0 Å². The van der Waals surface area contributed by atoms with Crippen molar-refractivity contribution in [3.63, 3.8) is 0 Å². The van der Waals surface area contributed by atoms with Gasteiger partial charge in [-0.15, -0.1) is 0 Å². The molecule has 33 heavy (non-hydrogen) atoms. The van der Waals surface area contributed by atoms with Crippen molar-refractivity contribution < 1.29 is 18.4 Å². The first kappa shape index (κ1) is 21.9. The van der Waals surface area contributed by atoms with E-state index in [1.54, 1.807) is 36.4 Å². The van der Waals surface area contributed by atoms with Crippen molar-refractivity contribution in [2.24, 2.45) is 0 Å². The van der Waals surface area contributed by atoms with Crippen LogP contribution in [0.1, 0.15) is 31.8 Å². The van der Waals surface area contributed by atoms with Gasteiger partial charge in [-0.25, -0.2) is 8.78 Å². The Bertz CT molecular complexity index is 1190. The van der Waals surface area contributed by atoms with E-state index in [1.807, 2.05) is 24.3 Å². The van der Waals surface area contributed by atoms with E-state index in [1.165, 1.54) is 36.4 Å². The smallest absolute Gasteiger partial charge is 0.255 e. The monoisotopic (exact) mass is 442 g/mol. The van der Waals surface area contributed by atoms with Crippen LogP contribution in [0.3, 0.4) is 0 Å². The summed E-state index contributed by atoms with van der Waals surface area (Å²) >= 11 is 0. The van der Waals surface area contributed by atoms with Gasteiger partial charge in [-0.3, -0.25) is 9.59 Å². The third-order valence-electron chi connectivity index (χ3n) is 5.01. The number of hydrogen-bond donors (Lipinski definition) is 2. The second kappa shape index (κ2) is 9.87. The van der Waals surface area contributed by atoms with E-state index in [0.29, 0.717) is 17.8 Å². The fourth-order valence-electron chi connectivity index (χ4n) is 3.31. The minimum Gasteiger partial charge on any atom is -0.322 e. The molecule has 0 unspecified atom stereocenters. The normalized spacial score (nSPS) is 10.5. The first-order valence-corrected chi connectivity index (χ1v) is 10.3. The Kier molecular flexibility index (Phi) is 6.55. The number of carbonyl (C=O) groups is 2. The van der Waals surface area contributed by atoms with Crippen molar-refractivity contribution in [3.05, 3.63) is 131 Å². The Hall–Kier alpha value is -4.32. The summed E-state index contributed by atoms with van der Waals surface area (Å²) in [6, 6.07) is 25.8. The fraction of sp³-hybridized carbons (Fsp3) is 0.0370. The highest BCUT2D eigenvalue weighted by Gasteiger charge is 2.08. The molecule has 0 saturated heterocycles. The van der Waals surface area contributed by atoms with Gasteiger partial charge in [-0.1, -0.05) is 36.4 Å². The lowest BCUT2D eigenvalue weighted by Crippen LogP contribution is -2.12. The van der Waals surface area contributed by atoms with Gasteiger partial charge >= 0.3 is 0 Å². The molecule has 4 rings (SSSR count). The third kappa shape index (κ3) is 5.89. The van der Waals surface area contributed by atoms with Crippen LogP contribution in [0.2, 0.25) is 0 Å². The highest BCUT2D eigenvalue weighted by atomic mass is 19.1. The maximum absolute atomic E-state index is 13.3. The topological polar surface area (TPSA) is 58.2 Å². The number of nitrogens with one attached hydrogen (secondary N) is 2. The zero-order chi connectivity index (χ0) is 23.2. The molecule has 2 amide bonds. The Morgan fingerprint density at radius 1 is 0.576 bits per heavy atom. The van der Waals surface area contributed by atoms with Gasteiger partial charge in [0.25, 0.3) is 11.8 Å². The van der Waals surface area contributed by atoms with Crippen molar-refractivity contribution in [1.29, 1.82) is 0 Å². The minimum atomic E-state index is -0.461.